The lowest BCUT2D eigenvalue weighted by Gasteiger charge is -2.61. The summed E-state index contributed by atoms with van der Waals surface area (Å²) in [5.74, 6) is 0.999. The molecule has 116 valence electrons. The summed E-state index contributed by atoms with van der Waals surface area (Å²) in [6.07, 6.45) is 6.75. The molecule has 1 spiro atoms. The van der Waals surface area contributed by atoms with Crippen molar-refractivity contribution >= 4 is 0 Å². The number of para-hydroxylation sites is 1. The smallest absolute Gasteiger partial charge is 0.122 e. The predicted octanol–water partition coefficient (Wildman–Crippen LogP) is 3.18. The maximum Gasteiger partial charge on any atom is 0.122 e. The van der Waals surface area contributed by atoms with Crippen LogP contribution in [0.2, 0.25) is 0 Å². The van der Waals surface area contributed by atoms with Crippen LogP contribution in [-0.4, -0.2) is 32.4 Å². The Bertz CT molecular complexity index is 470. The van der Waals surface area contributed by atoms with Gasteiger partial charge in [-0.3, -0.25) is 0 Å². The Morgan fingerprint density at radius 3 is 2.76 bits per heavy atom. The Morgan fingerprint density at radius 2 is 2.10 bits per heavy atom. The van der Waals surface area contributed by atoms with Crippen LogP contribution in [-0.2, 0) is 11.2 Å². The van der Waals surface area contributed by atoms with Crippen LogP contribution in [0.15, 0.2) is 24.3 Å². The minimum atomic E-state index is 0.455. The van der Waals surface area contributed by atoms with Crippen LogP contribution in [0.3, 0.4) is 0 Å². The van der Waals surface area contributed by atoms with E-state index in [0.717, 1.165) is 25.3 Å². The van der Waals surface area contributed by atoms with Crippen LogP contribution in [0, 0.1) is 5.41 Å². The van der Waals surface area contributed by atoms with E-state index in [1.165, 1.54) is 31.2 Å². The van der Waals surface area contributed by atoms with E-state index < -0.39 is 0 Å². The van der Waals surface area contributed by atoms with Crippen LogP contribution < -0.4 is 10.1 Å². The molecule has 3 heteroatoms. The molecule has 0 aromatic heterocycles. The normalized spacial score (nSPS) is 26.2. The molecular formula is C18H27NO2. The summed E-state index contributed by atoms with van der Waals surface area (Å²) in [6, 6.07) is 8.95. The molecule has 1 N–H and O–H groups in total. The maximum atomic E-state index is 5.91. The van der Waals surface area contributed by atoms with Gasteiger partial charge in [-0.2, -0.15) is 0 Å². The molecule has 2 saturated carbocycles. The van der Waals surface area contributed by atoms with Gasteiger partial charge >= 0.3 is 0 Å². The summed E-state index contributed by atoms with van der Waals surface area (Å²) in [5, 5.41) is 3.76. The zero-order valence-electron chi connectivity index (χ0n) is 13.2. The van der Waals surface area contributed by atoms with E-state index in [1.54, 1.807) is 7.11 Å². The van der Waals surface area contributed by atoms with Crippen LogP contribution in [0.1, 0.15) is 38.2 Å². The van der Waals surface area contributed by atoms with Gasteiger partial charge in [-0.1, -0.05) is 24.6 Å². The zero-order chi connectivity index (χ0) is 14.7. The van der Waals surface area contributed by atoms with Gasteiger partial charge in [-0.25, -0.2) is 0 Å². The molecule has 2 aliphatic rings. The molecule has 0 amide bonds. The fourth-order valence-corrected chi connectivity index (χ4v) is 4.02. The first-order chi connectivity index (χ1) is 10.3. The predicted molar refractivity (Wildman–Crippen MR) is 84.8 cm³/mol. The first-order valence-electron chi connectivity index (χ1n) is 8.27. The van der Waals surface area contributed by atoms with Crippen LogP contribution in [0.25, 0.3) is 0 Å². The molecule has 0 radical (unpaired) electrons. The molecule has 0 heterocycles. The fourth-order valence-electron chi connectivity index (χ4n) is 4.02. The largest absolute Gasteiger partial charge is 0.496 e. The first kappa shape index (κ1) is 14.9. The lowest BCUT2D eigenvalue weighted by Crippen LogP contribution is -2.67. The first-order valence-corrected chi connectivity index (χ1v) is 8.27. The molecule has 0 aliphatic heterocycles. The summed E-state index contributed by atoms with van der Waals surface area (Å²) in [7, 11) is 1.74. The highest BCUT2D eigenvalue weighted by molar-refractivity contribution is 5.33. The average Bonchev–Trinajstić information content (AvgIpc) is 2.44. The average molecular weight is 289 g/mol. The molecule has 1 aromatic carbocycles. The van der Waals surface area contributed by atoms with Gasteiger partial charge in [0.1, 0.15) is 5.75 Å². The topological polar surface area (TPSA) is 30.5 Å². The quantitative estimate of drug-likeness (QED) is 0.836. The van der Waals surface area contributed by atoms with Crippen LogP contribution in [0.4, 0.5) is 0 Å². The second-order valence-electron chi connectivity index (χ2n) is 6.33. The Kier molecular flexibility index (Phi) is 4.51. The number of methoxy groups -OCH3 is 1. The lowest BCUT2D eigenvalue weighted by molar-refractivity contribution is -0.172. The second kappa shape index (κ2) is 6.37. The highest BCUT2D eigenvalue weighted by Crippen LogP contribution is 2.57. The summed E-state index contributed by atoms with van der Waals surface area (Å²) in [4.78, 5) is 0. The third kappa shape index (κ3) is 2.69. The van der Waals surface area contributed by atoms with Crippen LogP contribution in [0.5, 0.6) is 5.75 Å². The van der Waals surface area contributed by atoms with Crippen molar-refractivity contribution in [1.82, 2.24) is 5.32 Å². The number of rotatable bonds is 7. The number of hydrogen-bond donors (Lipinski definition) is 1. The third-order valence-electron chi connectivity index (χ3n) is 5.41. The lowest BCUT2D eigenvalue weighted by atomic mass is 9.51. The van der Waals surface area contributed by atoms with Crippen molar-refractivity contribution in [3.05, 3.63) is 29.8 Å². The molecule has 3 rings (SSSR count). The van der Waals surface area contributed by atoms with Crippen molar-refractivity contribution in [3.63, 3.8) is 0 Å². The molecule has 21 heavy (non-hydrogen) atoms. The minimum Gasteiger partial charge on any atom is -0.496 e. The molecule has 0 bridgehead atoms. The van der Waals surface area contributed by atoms with Crippen molar-refractivity contribution in [2.75, 3.05) is 20.3 Å². The summed E-state index contributed by atoms with van der Waals surface area (Å²) in [6.45, 7) is 3.97. The monoisotopic (exact) mass is 289 g/mol. The highest BCUT2D eigenvalue weighted by atomic mass is 16.5. The summed E-state index contributed by atoms with van der Waals surface area (Å²) >= 11 is 0. The van der Waals surface area contributed by atoms with Crippen molar-refractivity contribution in [1.29, 1.82) is 0 Å². The van der Waals surface area contributed by atoms with E-state index >= 15 is 0 Å². The SMILES string of the molecule is CCOC1CC(NCCc2ccccc2OC)C12CCC2. The maximum absolute atomic E-state index is 5.91. The highest BCUT2D eigenvalue weighted by Gasteiger charge is 2.58. The van der Waals surface area contributed by atoms with Crippen molar-refractivity contribution in [3.8, 4) is 5.75 Å². The van der Waals surface area contributed by atoms with Gasteiger partial charge in [0.25, 0.3) is 0 Å². The van der Waals surface area contributed by atoms with Gasteiger partial charge < -0.3 is 14.8 Å². The van der Waals surface area contributed by atoms with Crippen molar-refractivity contribution in [2.24, 2.45) is 5.41 Å². The van der Waals surface area contributed by atoms with Gasteiger partial charge in [0, 0.05) is 18.1 Å². The number of benzene rings is 1. The van der Waals surface area contributed by atoms with Gasteiger partial charge in [-0.15, -0.1) is 0 Å². The van der Waals surface area contributed by atoms with Gasteiger partial charge in [-0.05, 0) is 50.8 Å². The molecule has 3 nitrogen and oxygen atoms in total. The van der Waals surface area contributed by atoms with E-state index in [9.17, 15) is 0 Å². The molecular weight excluding hydrogens is 262 g/mol. The van der Waals surface area contributed by atoms with Gasteiger partial charge in [0.2, 0.25) is 0 Å². The van der Waals surface area contributed by atoms with E-state index in [4.69, 9.17) is 9.47 Å². The Hall–Kier alpha value is -1.06. The molecule has 2 atom stereocenters. The Balaban J connectivity index is 1.50. The summed E-state index contributed by atoms with van der Waals surface area (Å²) < 4.78 is 11.3. The minimum absolute atomic E-state index is 0.455. The Labute approximate surface area is 128 Å². The van der Waals surface area contributed by atoms with Crippen molar-refractivity contribution in [2.45, 2.75) is 51.2 Å². The molecule has 2 unspecified atom stereocenters. The molecule has 1 aromatic rings. The van der Waals surface area contributed by atoms with Gasteiger partial charge in [0.05, 0.1) is 13.2 Å². The van der Waals surface area contributed by atoms with E-state index in [1.807, 2.05) is 12.1 Å². The summed E-state index contributed by atoms with van der Waals surface area (Å²) in [5.41, 5.74) is 1.74. The number of ether oxygens (including phenoxy) is 2. The van der Waals surface area contributed by atoms with Crippen molar-refractivity contribution < 1.29 is 9.47 Å². The second-order valence-corrected chi connectivity index (χ2v) is 6.33. The van der Waals surface area contributed by atoms with E-state index in [-0.39, 0.29) is 0 Å². The van der Waals surface area contributed by atoms with E-state index in [2.05, 4.69) is 24.4 Å². The number of hydrogen-bond acceptors (Lipinski definition) is 3. The Morgan fingerprint density at radius 1 is 1.29 bits per heavy atom. The standard InChI is InChI=1S/C18H27NO2/c1-3-21-17-13-16(18(17)10-6-11-18)19-12-9-14-7-4-5-8-15(14)20-2/h4-5,7-8,16-17,19H,3,6,9-13H2,1-2H3. The van der Waals surface area contributed by atoms with Crippen LogP contribution >= 0.6 is 0 Å². The zero-order valence-corrected chi connectivity index (χ0v) is 13.2. The van der Waals surface area contributed by atoms with Gasteiger partial charge in [0.15, 0.2) is 0 Å². The van der Waals surface area contributed by atoms with E-state index in [0.29, 0.717) is 17.6 Å². The number of nitrogens with one attached hydrogen (secondary N) is 1. The fraction of sp³-hybridized carbons (Fsp3) is 0.667. The molecule has 2 aliphatic carbocycles. The molecule has 2 fully saturated rings. The third-order valence-corrected chi connectivity index (χ3v) is 5.41. The molecule has 0 saturated heterocycles.